The summed E-state index contributed by atoms with van der Waals surface area (Å²) in [5, 5.41) is 2.42. The van der Waals surface area contributed by atoms with Gasteiger partial charge in [-0.3, -0.25) is 9.78 Å². The number of carbonyl (C=O) groups excluding carboxylic acids is 1. The minimum atomic E-state index is -0.459. The number of anilines is 1. The molecule has 0 aromatic carbocycles. The number of rotatable bonds is 3. The van der Waals surface area contributed by atoms with Crippen LogP contribution in [-0.4, -0.2) is 22.4 Å². The minimum Gasteiger partial charge on any atom is -0.324 e. The zero-order valence-electron chi connectivity index (χ0n) is 7.95. The van der Waals surface area contributed by atoms with Gasteiger partial charge in [0.25, 0.3) is 0 Å². The molecule has 0 saturated carbocycles. The Balaban J connectivity index is 2.65. The Morgan fingerprint density at radius 2 is 2.36 bits per heavy atom. The van der Waals surface area contributed by atoms with E-state index in [0.29, 0.717) is 5.69 Å². The number of thioether (sulfide) groups is 1. The van der Waals surface area contributed by atoms with Crippen LogP contribution in [0.2, 0.25) is 0 Å². The molecular formula is C9H11FN2OS. The summed E-state index contributed by atoms with van der Waals surface area (Å²) >= 11 is 1.43. The molecule has 14 heavy (non-hydrogen) atoms. The first-order valence-corrected chi connectivity index (χ1v) is 5.36. The molecular weight excluding hydrogens is 203 g/mol. The molecule has 0 fully saturated rings. The number of pyridine rings is 1. The van der Waals surface area contributed by atoms with Gasteiger partial charge >= 0.3 is 0 Å². The SMILES string of the molecule is CSC(C)C(=O)Nc1cncc(F)c1. The fourth-order valence-corrected chi connectivity index (χ4v) is 1.10. The molecule has 1 amide bonds. The maximum Gasteiger partial charge on any atom is 0.237 e. The number of nitrogens with one attached hydrogen (secondary N) is 1. The fraction of sp³-hybridized carbons (Fsp3) is 0.333. The van der Waals surface area contributed by atoms with Gasteiger partial charge in [-0.2, -0.15) is 11.8 Å². The lowest BCUT2D eigenvalue weighted by atomic mass is 10.3. The molecule has 0 aliphatic rings. The molecule has 1 N–H and O–H groups in total. The molecule has 0 bridgehead atoms. The van der Waals surface area contributed by atoms with Gasteiger partial charge < -0.3 is 5.32 Å². The van der Waals surface area contributed by atoms with E-state index in [9.17, 15) is 9.18 Å². The maximum absolute atomic E-state index is 12.7. The second-order valence-electron chi connectivity index (χ2n) is 2.76. The van der Waals surface area contributed by atoms with Crippen LogP contribution in [0.15, 0.2) is 18.5 Å². The first-order valence-electron chi connectivity index (χ1n) is 4.07. The molecule has 5 heteroatoms. The third-order valence-electron chi connectivity index (χ3n) is 1.70. The maximum atomic E-state index is 12.7. The summed E-state index contributed by atoms with van der Waals surface area (Å²) in [6, 6.07) is 1.23. The molecule has 76 valence electrons. The smallest absolute Gasteiger partial charge is 0.237 e. The molecule has 1 unspecified atom stereocenters. The number of hydrogen-bond donors (Lipinski definition) is 1. The van der Waals surface area contributed by atoms with E-state index in [2.05, 4.69) is 10.3 Å². The van der Waals surface area contributed by atoms with Crippen molar-refractivity contribution in [1.29, 1.82) is 0 Å². The summed E-state index contributed by atoms with van der Waals surface area (Å²) < 4.78 is 12.7. The third kappa shape index (κ3) is 2.99. The summed E-state index contributed by atoms with van der Waals surface area (Å²) in [4.78, 5) is 15.0. The quantitative estimate of drug-likeness (QED) is 0.835. The Morgan fingerprint density at radius 3 is 2.93 bits per heavy atom. The Bertz CT molecular complexity index is 332. The van der Waals surface area contributed by atoms with E-state index < -0.39 is 5.82 Å². The molecule has 1 atom stereocenters. The Kier molecular flexibility index (Phi) is 3.88. The predicted molar refractivity (Wildman–Crippen MR) is 55.8 cm³/mol. The van der Waals surface area contributed by atoms with Crippen molar-refractivity contribution in [2.75, 3.05) is 11.6 Å². The zero-order valence-corrected chi connectivity index (χ0v) is 8.77. The zero-order chi connectivity index (χ0) is 10.6. The molecule has 1 rings (SSSR count). The van der Waals surface area contributed by atoms with Crippen LogP contribution < -0.4 is 5.32 Å². The normalized spacial score (nSPS) is 12.2. The number of amides is 1. The largest absolute Gasteiger partial charge is 0.324 e. The topological polar surface area (TPSA) is 42.0 Å². The van der Waals surface area contributed by atoms with E-state index in [1.807, 2.05) is 6.26 Å². The van der Waals surface area contributed by atoms with Gasteiger partial charge in [-0.05, 0) is 13.2 Å². The van der Waals surface area contributed by atoms with Crippen LogP contribution in [0, 0.1) is 5.82 Å². The Labute approximate surface area is 86.1 Å². The lowest BCUT2D eigenvalue weighted by molar-refractivity contribution is -0.115. The van der Waals surface area contributed by atoms with Crippen molar-refractivity contribution in [3.05, 3.63) is 24.3 Å². The van der Waals surface area contributed by atoms with Crippen molar-refractivity contribution in [2.24, 2.45) is 0 Å². The monoisotopic (exact) mass is 214 g/mol. The van der Waals surface area contributed by atoms with Crippen LogP contribution in [0.3, 0.4) is 0 Å². The van der Waals surface area contributed by atoms with E-state index in [4.69, 9.17) is 0 Å². The van der Waals surface area contributed by atoms with Crippen molar-refractivity contribution >= 4 is 23.4 Å². The molecule has 1 aromatic rings. The third-order valence-corrected chi connectivity index (χ3v) is 2.62. The van der Waals surface area contributed by atoms with Gasteiger partial charge in [0, 0.05) is 6.07 Å². The first-order chi connectivity index (χ1) is 6.63. The highest BCUT2D eigenvalue weighted by atomic mass is 32.2. The number of nitrogens with zero attached hydrogens (tertiary/aromatic N) is 1. The van der Waals surface area contributed by atoms with Crippen molar-refractivity contribution in [1.82, 2.24) is 4.98 Å². The number of halogens is 1. The van der Waals surface area contributed by atoms with E-state index in [1.54, 1.807) is 6.92 Å². The van der Waals surface area contributed by atoms with Crippen molar-refractivity contribution in [3.8, 4) is 0 Å². The predicted octanol–water partition coefficient (Wildman–Crippen LogP) is 1.91. The molecule has 1 aromatic heterocycles. The van der Waals surface area contributed by atoms with Gasteiger partial charge in [-0.1, -0.05) is 0 Å². The number of hydrogen-bond acceptors (Lipinski definition) is 3. The average Bonchev–Trinajstić information content (AvgIpc) is 2.16. The van der Waals surface area contributed by atoms with Crippen LogP contribution in [0.25, 0.3) is 0 Å². The molecule has 1 heterocycles. The molecule has 3 nitrogen and oxygen atoms in total. The summed E-state index contributed by atoms with van der Waals surface area (Å²) in [5.41, 5.74) is 0.385. The van der Waals surface area contributed by atoms with E-state index in [1.165, 1.54) is 24.0 Å². The highest BCUT2D eigenvalue weighted by Gasteiger charge is 2.11. The highest BCUT2D eigenvalue weighted by Crippen LogP contribution is 2.11. The van der Waals surface area contributed by atoms with Crippen molar-refractivity contribution in [2.45, 2.75) is 12.2 Å². The van der Waals surface area contributed by atoms with Crippen LogP contribution >= 0.6 is 11.8 Å². The van der Waals surface area contributed by atoms with Gasteiger partial charge in [0.2, 0.25) is 5.91 Å². The highest BCUT2D eigenvalue weighted by molar-refractivity contribution is 7.99. The van der Waals surface area contributed by atoms with Crippen LogP contribution in [-0.2, 0) is 4.79 Å². The standard InChI is InChI=1S/C9H11FN2OS/c1-6(14-2)9(13)12-8-3-7(10)4-11-5-8/h3-6H,1-2H3,(H,12,13). The van der Waals surface area contributed by atoms with Crippen molar-refractivity contribution in [3.63, 3.8) is 0 Å². The Hall–Kier alpha value is -1.10. The number of carbonyl (C=O) groups is 1. The molecule has 0 saturated heterocycles. The van der Waals surface area contributed by atoms with Gasteiger partial charge in [-0.25, -0.2) is 4.39 Å². The average molecular weight is 214 g/mol. The fourth-order valence-electron chi connectivity index (χ4n) is 0.831. The summed E-state index contributed by atoms with van der Waals surface area (Å²) in [7, 11) is 0. The lowest BCUT2D eigenvalue weighted by Crippen LogP contribution is -2.22. The van der Waals surface area contributed by atoms with Gasteiger partial charge in [0.05, 0.1) is 23.3 Å². The van der Waals surface area contributed by atoms with Crippen LogP contribution in [0.1, 0.15) is 6.92 Å². The summed E-state index contributed by atoms with van der Waals surface area (Å²) in [6.07, 6.45) is 4.34. The molecule has 0 radical (unpaired) electrons. The van der Waals surface area contributed by atoms with Gasteiger partial charge in [0.15, 0.2) is 0 Å². The Morgan fingerprint density at radius 1 is 1.64 bits per heavy atom. The second-order valence-corrected chi connectivity index (χ2v) is 3.94. The van der Waals surface area contributed by atoms with E-state index in [0.717, 1.165) is 6.20 Å². The molecule has 0 aliphatic carbocycles. The molecule has 0 aliphatic heterocycles. The second kappa shape index (κ2) is 4.95. The minimum absolute atomic E-state index is 0.148. The van der Waals surface area contributed by atoms with Gasteiger partial charge in [0.1, 0.15) is 5.82 Å². The van der Waals surface area contributed by atoms with Crippen LogP contribution in [0.4, 0.5) is 10.1 Å². The van der Waals surface area contributed by atoms with Gasteiger partial charge in [-0.15, -0.1) is 0 Å². The van der Waals surface area contributed by atoms with Crippen LogP contribution in [0.5, 0.6) is 0 Å². The summed E-state index contributed by atoms with van der Waals surface area (Å²) in [5.74, 6) is -0.607. The lowest BCUT2D eigenvalue weighted by Gasteiger charge is -2.08. The van der Waals surface area contributed by atoms with E-state index >= 15 is 0 Å². The number of aromatic nitrogens is 1. The molecule has 0 spiro atoms. The van der Waals surface area contributed by atoms with E-state index in [-0.39, 0.29) is 11.2 Å². The van der Waals surface area contributed by atoms with Crippen molar-refractivity contribution < 1.29 is 9.18 Å². The first kappa shape index (κ1) is 11.0. The summed E-state index contributed by atoms with van der Waals surface area (Å²) in [6.45, 7) is 1.78.